The van der Waals surface area contributed by atoms with E-state index in [0.29, 0.717) is 30.5 Å². The van der Waals surface area contributed by atoms with Crippen LogP contribution in [0.25, 0.3) is 5.52 Å². The highest BCUT2D eigenvalue weighted by molar-refractivity contribution is 6.44. The van der Waals surface area contributed by atoms with Crippen molar-refractivity contribution in [1.29, 1.82) is 0 Å². The zero-order valence-electron chi connectivity index (χ0n) is 16.8. The maximum absolute atomic E-state index is 12.8. The highest BCUT2D eigenvalue weighted by Gasteiger charge is 2.29. The SMILES string of the molecule is CCc1cc(OCC(=O)O)c2c(C(=O)C(N)=O)c(CC)c(Cc3ccccc3)n2n1. The van der Waals surface area contributed by atoms with Crippen molar-refractivity contribution in [3.8, 4) is 5.75 Å². The van der Waals surface area contributed by atoms with E-state index in [2.05, 4.69) is 5.10 Å². The number of ketones is 1. The van der Waals surface area contributed by atoms with Crippen molar-refractivity contribution in [3.63, 3.8) is 0 Å². The van der Waals surface area contributed by atoms with Gasteiger partial charge in [-0.1, -0.05) is 44.2 Å². The molecule has 3 rings (SSSR count). The molecule has 0 radical (unpaired) electrons. The average molecular weight is 409 g/mol. The molecule has 0 aliphatic rings. The van der Waals surface area contributed by atoms with Crippen molar-refractivity contribution in [2.75, 3.05) is 6.61 Å². The minimum absolute atomic E-state index is 0.117. The van der Waals surface area contributed by atoms with Gasteiger partial charge in [-0.3, -0.25) is 9.59 Å². The quantitative estimate of drug-likeness (QED) is 0.412. The van der Waals surface area contributed by atoms with E-state index < -0.39 is 24.3 Å². The van der Waals surface area contributed by atoms with Crippen molar-refractivity contribution < 1.29 is 24.2 Å². The Kier molecular flexibility index (Phi) is 6.15. The van der Waals surface area contributed by atoms with Gasteiger partial charge < -0.3 is 15.6 Å². The standard InChI is InChI=1S/C22H23N3O5/c1-3-14-11-17(30-12-18(26)27)20-19(21(28)22(23)29)15(4-2)16(25(20)24-14)10-13-8-6-5-7-9-13/h5-9,11H,3-4,10,12H2,1-2H3,(H2,23,29)(H,26,27). The van der Waals surface area contributed by atoms with Crippen molar-refractivity contribution in [2.24, 2.45) is 5.73 Å². The van der Waals surface area contributed by atoms with E-state index in [1.165, 1.54) is 0 Å². The first-order valence-corrected chi connectivity index (χ1v) is 9.66. The third-order valence-electron chi connectivity index (χ3n) is 4.85. The smallest absolute Gasteiger partial charge is 0.341 e. The molecule has 2 aromatic heterocycles. The Morgan fingerprint density at radius 1 is 1.13 bits per heavy atom. The zero-order valence-corrected chi connectivity index (χ0v) is 16.8. The summed E-state index contributed by atoms with van der Waals surface area (Å²) in [6.45, 7) is 3.19. The normalized spacial score (nSPS) is 10.9. The molecule has 1 amide bonds. The van der Waals surface area contributed by atoms with Crippen LogP contribution in [0, 0.1) is 0 Å². The first-order chi connectivity index (χ1) is 14.4. The summed E-state index contributed by atoms with van der Waals surface area (Å²) in [5.41, 5.74) is 8.74. The topological polar surface area (TPSA) is 124 Å². The van der Waals surface area contributed by atoms with Gasteiger partial charge in [0.2, 0.25) is 0 Å². The first-order valence-electron chi connectivity index (χ1n) is 9.66. The van der Waals surface area contributed by atoms with E-state index in [1.54, 1.807) is 10.6 Å². The summed E-state index contributed by atoms with van der Waals surface area (Å²) in [4.78, 5) is 35.6. The lowest BCUT2D eigenvalue weighted by Crippen LogP contribution is -2.24. The van der Waals surface area contributed by atoms with Crippen LogP contribution in [0.15, 0.2) is 36.4 Å². The number of hydrogen-bond acceptors (Lipinski definition) is 5. The van der Waals surface area contributed by atoms with Crippen LogP contribution >= 0.6 is 0 Å². The van der Waals surface area contributed by atoms with Gasteiger partial charge in [-0.15, -0.1) is 0 Å². The summed E-state index contributed by atoms with van der Waals surface area (Å²) in [6, 6.07) is 11.3. The number of fused-ring (bicyclic) bond motifs is 1. The minimum Gasteiger partial charge on any atom is -0.480 e. The molecule has 3 N–H and O–H groups in total. The van der Waals surface area contributed by atoms with Crippen LogP contribution in [-0.2, 0) is 28.9 Å². The van der Waals surface area contributed by atoms with Gasteiger partial charge in [-0.05, 0) is 24.0 Å². The van der Waals surface area contributed by atoms with Crippen molar-refractivity contribution in [1.82, 2.24) is 9.61 Å². The summed E-state index contributed by atoms with van der Waals surface area (Å²) in [5, 5.41) is 13.7. The predicted octanol–water partition coefficient (Wildman–Crippen LogP) is 2.18. The minimum atomic E-state index is -1.16. The summed E-state index contributed by atoms with van der Waals surface area (Å²) >= 11 is 0. The van der Waals surface area contributed by atoms with Gasteiger partial charge >= 0.3 is 5.97 Å². The van der Waals surface area contributed by atoms with Crippen molar-refractivity contribution in [2.45, 2.75) is 33.1 Å². The number of Topliss-reactive ketones (excluding diaryl/α,β-unsaturated/α-hetero) is 1. The van der Waals surface area contributed by atoms with Gasteiger partial charge in [0.1, 0.15) is 11.3 Å². The number of hydrogen-bond donors (Lipinski definition) is 2. The van der Waals surface area contributed by atoms with Gasteiger partial charge in [-0.25, -0.2) is 9.31 Å². The van der Waals surface area contributed by atoms with Crippen LogP contribution < -0.4 is 10.5 Å². The molecule has 3 aromatic rings. The second-order valence-corrected chi connectivity index (χ2v) is 6.81. The fraction of sp³-hybridized carbons (Fsp3) is 0.273. The van der Waals surface area contributed by atoms with Crippen LogP contribution in [0.1, 0.15) is 46.7 Å². The van der Waals surface area contributed by atoms with E-state index in [9.17, 15) is 14.4 Å². The third kappa shape index (κ3) is 4.03. The number of carbonyl (C=O) groups excluding carboxylic acids is 2. The molecule has 30 heavy (non-hydrogen) atoms. The number of aryl methyl sites for hydroxylation is 1. The highest BCUT2D eigenvalue weighted by atomic mass is 16.5. The molecule has 0 bridgehead atoms. The number of amides is 1. The van der Waals surface area contributed by atoms with E-state index >= 15 is 0 Å². The summed E-state index contributed by atoms with van der Waals surface area (Å²) < 4.78 is 7.09. The molecule has 156 valence electrons. The molecule has 0 aliphatic carbocycles. The van der Waals surface area contributed by atoms with E-state index in [1.807, 2.05) is 44.2 Å². The lowest BCUT2D eigenvalue weighted by Gasteiger charge is -2.10. The molecule has 2 heterocycles. The number of nitrogens with zero attached hydrogens (tertiary/aromatic N) is 2. The largest absolute Gasteiger partial charge is 0.480 e. The molecule has 0 aliphatic heterocycles. The fourth-order valence-corrected chi connectivity index (χ4v) is 3.51. The number of ether oxygens (including phenoxy) is 1. The number of aromatic nitrogens is 2. The lowest BCUT2D eigenvalue weighted by atomic mass is 9.99. The van der Waals surface area contributed by atoms with Crippen LogP contribution in [0.2, 0.25) is 0 Å². The van der Waals surface area contributed by atoms with Crippen LogP contribution in [0.5, 0.6) is 5.75 Å². The number of benzene rings is 1. The molecular formula is C22H23N3O5. The van der Waals surface area contributed by atoms with Crippen molar-refractivity contribution in [3.05, 3.63) is 64.5 Å². The number of nitrogens with two attached hydrogens (primary N) is 1. The Hall–Kier alpha value is -3.68. The average Bonchev–Trinajstić information content (AvgIpc) is 3.05. The van der Waals surface area contributed by atoms with Crippen LogP contribution in [-0.4, -0.2) is 39.0 Å². The number of carbonyl (C=O) groups is 3. The predicted molar refractivity (Wildman–Crippen MR) is 110 cm³/mol. The first kappa shape index (κ1) is 21.0. The maximum Gasteiger partial charge on any atom is 0.341 e. The Morgan fingerprint density at radius 3 is 2.40 bits per heavy atom. The van der Waals surface area contributed by atoms with E-state index in [-0.39, 0.29) is 16.8 Å². The summed E-state index contributed by atoms with van der Waals surface area (Å²) in [7, 11) is 0. The second kappa shape index (κ2) is 8.77. The monoisotopic (exact) mass is 409 g/mol. The third-order valence-corrected chi connectivity index (χ3v) is 4.85. The second-order valence-electron chi connectivity index (χ2n) is 6.81. The fourth-order valence-electron chi connectivity index (χ4n) is 3.51. The van der Waals surface area contributed by atoms with Crippen LogP contribution in [0.3, 0.4) is 0 Å². The Balaban J connectivity index is 2.35. The summed E-state index contributed by atoms with van der Waals surface area (Å²) in [5.74, 6) is -2.91. The Labute approximate surface area is 173 Å². The molecule has 1 aromatic carbocycles. The maximum atomic E-state index is 12.8. The number of rotatable bonds is 9. The lowest BCUT2D eigenvalue weighted by molar-refractivity contribution is -0.139. The Morgan fingerprint density at radius 2 is 1.83 bits per heavy atom. The molecule has 0 atom stereocenters. The molecule has 0 unspecified atom stereocenters. The van der Waals surface area contributed by atoms with Crippen molar-refractivity contribution >= 4 is 23.2 Å². The van der Waals surface area contributed by atoms with Gasteiger partial charge in [0, 0.05) is 12.5 Å². The highest BCUT2D eigenvalue weighted by Crippen LogP contribution is 2.33. The Bertz CT molecular complexity index is 1120. The molecule has 0 saturated heterocycles. The zero-order chi connectivity index (χ0) is 21.8. The molecule has 0 saturated carbocycles. The van der Waals surface area contributed by atoms with Gasteiger partial charge in [0.05, 0.1) is 17.0 Å². The number of primary amides is 1. The van der Waals surface area contributed by atoms with Gasteiger partial charge in [-0.2, -0.15) is 5.10 Å². The van der Waals surface area contributed by atoms with Gasteiger partial charge in [0.25, 0.3) is 11.7 Å². The van der Waals surface area contributed by atoms with E-state index in [4.69, 9.17) is 15.6 Å². The summed E-state index contributed by atoms with van der Waals surface area (Å²) in [6.07, 6.45) is 1.50. The molecule has 8 heteroatoms. The number of carboxylic acid groups (broad SMARTS) is 1. The van der Waals surface area contributed by atoms with Crippen LogP contribution in [0.4, 0.5) is 0 Å². The molecule has 0 fully saturated rings. The van der Waals surface area contributed by atoms with Gasteiger partial charge in [0.15, 0.2) is 6.61 Å². The number of carboxylic acids is 1. The molecule has 8 nitrogen and oxygen atoms in total. The number of aliphatic carboxylic acids is 1. The molecular weight excluding hydrogens is 386 g/mol. The molecule has 0 spiro atoms. The van der Waals surface area contributed by atoms with E-state index in [0.717, 1.165) is 11.3 Å².